The van der Waals surface area contributed by atoms with Gasteiger partial charge in [0.15, 0.2) is 5.88 Å². The number of hydrogen-bond acceptors (Lipinski definition) is 3. The largest absolute Gasteiger partial charge is 0.425 e. The van der Waals surface area contributed by atoms with Crippen LogP contribution in [0.3, 0.4) is 0 Å². The highest BCUT2D eigenvalue weighted by Gasteiger charge is 2.15. The van der Waals surface area contributed by atoms with Crippen molar-refractivity contribution in [3.8, 4) is 0 Å². The molecule has 0 radical (unpaired) electrons. The van der Waals surface area contributed by atoms with E-state index in [-0.39, 0.29) is 0 Å². The van der Waals surface area contributed by atoms with E-state index in [2.05, 4.69) is 10.2 Å². The fourth-order valence-corrected chi connectivity index (χ4v) is 1.57. The molecule has 0 spiro atoms. The van der Waals surface area contributed by atoms with Crippen LogP contribution in [0, 0.1) is 0 Å². The third-order valence-corrected chi connectivity index (χ3v) is 2.21. The van der Waals surface area contributed by atoms with Crippen molar-refractivity contribution in [3.63, 3.8) is 0 Å². The lowest BCUT2D eigenvalue weighted by molar-refractivity contribution is -0.105. The Bertz CT molecular complexity index is 290. The van der Waals surface area contributed by atoms with E-state index in [1.54, 1.807) is 6.07 Å². The maximum atomic E-state index is 10.1. The van der Waals surface area contributed by atoms with Gasteiger partial charge in [-0.3, -0.25) is 10.1 Å². The lowest BCUT2D eigenvalue weighted by Gasteiger charge is -2.12. The molecule has 1 aliphatic heterocycles. The maximum absolute atomic E-state index is 10.1. The van der Waals surface area contributed by atoms with Gasteiger partial charge >= 0.3 is 0 Å². The van der Waals surface area contributed by atoms with E-state index >= 15 is 0 Å². The molecule has 1 fully saturated rings. The molecule has 0 saturated carbocycles. The first kappa shape index (κ1) is 8.16. The van der Waals surface area contributed by atoms with Crippen molar-refractivity contribution >= 4 is 18.2 Å². The average Bonchev–Trinajstić information content (AvgIpc) is 2.70. The summed E-state index contributed by atoms with van der Waals surface area (Å²) in [5.41, 5.74) is 0. The molecule has 13 heavy (non-hydrogen) atoms. The molecule has 0 unspecified atom stereocenters. The number of carbonyl (C=O) groups excluding carboxylic acids is 1. The van der Waals surface area contributed by atoms with Gasteiger partial charge in [-0.05, 0) is 12.8 Å². The molecule has 2 heterocycles. The third kappa shape index (κ3) is 1.66. The van der Waals surface area contributed by atoms with Gasteiger partial charge in [-0.25, -0.2) is 0 Å². The maximum Gasteiger partial charge on any atom is 0.213 e. The van der Waals surface area contributed by atoms with Crippen molar-refractivity contribution in [1.82, 2.24) is 0 Å². The molecular weight excluding hydrogens is 168 g/mol. The Balaban J connectivity index is 2.07. The average molecular weight is 180 g/mol. The number of rotatable bonds is 3. The number of anilines is 2. The van der Waals surface area contributed by atoms with Crippen LogP contribution in [0.4, 0.5) is 11.8 Å². The molecule has 1 saturated heterocycles. The van der Waals surface area contributed by atoms with Crippen LogP contribution in [-0.2, 0) is 4.79 Å². The van der Waals surface area contributed by atoms with Gasteiger partial charge in [0.05, 0.1) is 0 Å². The van der Waals surface area contributed by atoms with Gasteiger partial charge in [0, 0.05) is 25.2 Å². The Morgan fingerprint density at radius 1 is 1.38 bits per heavy atom. The summed E-state index contributed by atoms with van der Waals surface area (Å²) in [4.78, 5) is 12.3. The number of amides is 1. The first-order chi connectivity index (χ1) is 6.40. The standard InChI is InChI=1S/C9H12N2O2/c12-7-10-8-3-4-9(13-8)11-5-1-2-6-11/h3-4,7H,1-2,5-6H2,(H,10,12). The van der Waals surface area contributed by atoms with Gasteiger partial charge in [0.1, 0.15) is 0 Å². The van der Waals surface area contributed by atoms with Crippen LogP contribution in [0.25, 0.3) is 0 Å². The van der Waals surface area contributed by atoms with Crippen molar-refractivity contribution < 1.29 is 9.21 Å². The molecule has 0 aromatic carbocycles. The quantitative estimate of drug-likeness (QED) is 0.716. The van der Waals surface area contributed by atoms with Crippen LogP contribution >= 0.6 is 0 Å². The number of hydrogen-bond donors (Lipinski definition) is 1. The topological polar surface area (TPSA) is 45.5 Å². The van der Waals surface area contributed by atoms with Crippen molar-refractivity contribution in [2.45, 2.75) is 12.8 Å². The summed E-state index contributed by atoms with van der Waals surface area (Å²) in [6.45, 7) is 2.10. The number of carbonyl (C=O) groups is 1. The van der Waals surface area contributed by atoms with Crippen LogP contribution < -0.4 is 10.2 Å². The molecule has 70 valence electrons. The SMILES string of the molecule is O=CNc1ccc(N2CCCC2)o1. The van der Waals surface area contributed by atoms with Crippen molar-refractivity contribution in [3.05, 3.63) is 12.1 Å². The molecular formula is C9H12N2O2. The lowest BCUT2D eigenvalue weighted by atomic mass is 10.4. The Morgan fingerprint density at radius 3 is 2.85 bits per heavy atom. The minimum Gasteiger partial charge on any atom is -0.425 e. The Labute approximate surface area is 76.5 Å². The first-order valence-electron chi connectivity index (χ1n) is 4.45. The summed E-state index contributed by atoms with van der Waals surface area (Å²) < 4.78 is 5.39. The first-order valence-corrected chi connectivity index (χ1v) is 4.45. The summed E-state index contributed by atoms with van der Waals surface area (Å²) >= 11 is 0. The van der Waals surface area contributed by atoms with Gasteiger partial charge < -0.3 is 9.32 Å². The second-order valence-electron chi connectivity index (χ2n) is 3.09. The number of furan rings is 1. The number of nitrogens with one attached hydrogen (secondary N) is 1. The zero-order valence-electron chi connectivity index (χ0n) is 7.32. The molecule has 0 bridgehead atoms. The zero-order valence-corrected chi connectivity index (χ0v) is 7.32. The minimum absolute atomic E-state index is 0.511. The fraction of sp³-hybridized carbons (Fsp3) is 0.444. The lowest BCUT2D eigenvalue weighted by Crippen LogP contribution is -2.16. The normalized spacial score (nSPS) is 16.2. The second-order valence-corrected chi connectivity index (χ2v) is 3.09. The fourth-order valence-electron chi connectivity index (χ4n) is 1.57. The van der Waals surface area contributed by atoms with Crippen molar-refractivity contribution in [2.75, 3.05) is 23.3 Å². The summed E-state index contributed by atoms with van der Waals surface area (Å²) in [6, 6.07) is 3.65. The van der Waals surface area contributed by atoms with Crippen LogP contribution in [0.2, 0.25) is 0 Å². The molecule has 1 aliphatic rings. The van der Waals surface area contributed by atoms with Crippen LogP contribution in [-0.4, -0.2) is 19.5 Å². The number of nitrogens with zero attached hydrogens (tertiary/aromatic N) is 1. The summed E-state index contributed by atoms with van der Waals surface area (Å²) in [5.74, 6) is 1.36. The summed E-state index contributed by atoms with van der Waals surface area (Å²) in [5, 5.41) is 2.48. The van der Waals surface area contributed by atoms with Gasteiger partial charge in [0.25, 0.3) is 0 Å². The Kier molecular flexibility index (Phi) is 2.21. The molecule has 0 atom stereocenters. The highest BCUT2D eigenvalue weighted by molar-refractivity contribution is 5.68. The zero-order chi connectivity index (χ0) is 9.10. The van der Waals surface area contributed by atoms with Crippen LogP contribution in [0.15, 0.2) is 16.5 Å². The Morgan fingerprint density at radius 2 is 2.15 bits per heavy atom. The highest BCUT2D eigenvalue weighted by Crippen LogP contribution is 2.24. The van der Waals surface area contributed by atoms with Crippen LogP contribution in [0.1, 0.15) is 12.8 Å². The second kappa shape index (κ2) is 3.51. The molecule has 1 N–H and O–H groups in total. The van der Waals surface area contributed by atoms with E-state index in [0.717, 1.165) is 19.0 Å². The van der Waals surface area contributed by atoms with Crippen molar-refractivity contribution in [2.24, 2.45) is 0 Å². The summed E-state index contributed by atoms with van der Waals surface area (Å²) in [6.07, 6.45) is 3.06. The van der Waals surface area contributed by atoms with E-state index in [1.807, 2.05) is 6.07 Å². The van der Waals surface area contributed by atoms with Gasteiger partial charge in [-0.15, -0.1) is 0 Å². The van der Waals surface area contributed by atoms with E-state index in [4.69, 9.17) is 4.42 Å². The third-order valence-electron chi connectivity index (χ3n) is 2.21. The van der Waals surface area contributed by atoms with E-state index in [0.29, 0.717) is 12.3 Å². The van der Waals surface area contributed by atoms with E-state index in [1.165, 1.54) is 12.8 Å². The van der Waals surface area contributed by atoms with Gasteiger partial charge in [0.2, 0.25) is 12.3 Å². The summed E-state index contributed by atoms with van der Waals surface area (Å²) in [7, 11) is 0. The predicted molar refractivity (Wildman–Crippen MR) is 49.8 cm³/mol. The van der Waals surface area contributed by atoms with Gasteiger partial charge in [-0.1, -0.05) is 0 Å². The minimum atomic E-state index is 0.511. The molecule has 1 aromatic rings. The molecule has 4 nitrogen and oxygen atoms in total. The molecule has 2 rings (SSSR count). The highest BCUT2D eigenvalue weighted by atomic mass is 16.4. The molecule has 1 amide bonds. The van der Waals surface area contributed by atoms with E-state index < -0.39 is 0 Å². The molecule has 0 aliphatic carbocycles. The monoisotopic (exact) mass is 180 g/mol. The van der Waals surface area contributed by atoms with Gasteiger partial charge in [-0.2, -0.15) is 0 Å². The Hall–Kier alpha value is -1.45. The van der Waals surface area contributed by atoms with Crippen LogP contribution in [0.5, 0.6) is 0 Å². The predicted octanol–water partition coefficient (Wildman–Crippen LogP) is 1.45. The molecule has 1 aromatic heterocycles. The van der Waals surface area contributed by atoms with E-state index in [9.17, 15) is 4.79 Å². The molecule has 4 heteroatoms. The smallest absolute Gasteiger partial charge is 0.213 e. The van der Waals surface area contributed by atoms with Crippen molar-refractivity contribution in [1.29, 1.82) is 0 Å².